The predicted molar refractivity (Wildman–Crippen MR) is 113 cm³/mol. The molecule has 0 unspecified atom stereocenters. The molecule has 0 spiro atoms. The van der Waals surface area contributed by atoms with Gasteiger partial charge in [0.15, 0.2) is 11.2 Å². The quantitative estimate of drug-likeness (QED) is 0.502. The largest absolute Gasteiger partial charge is 0.491 e. The fourth-order valence-corrected chi connectivity index (χ4v) is 3.59. The molecule has 1 aliphatic heterocycles. The molecule has 1 fully saturated rings. The summed E-state index contributed by atoms with van der Waals surface area (Å²) in [7, 11) is 1.57. The number of aryl methyl sites for hydroxylation is 2. The lowest BCUT2D eigenvalue weighted by Gasteiger charge is -2.29. The maximum Gasteiger partial charge on any atom is 0.329 e. The van der Waals surface area contributed by atoms with Crippen LogP contribution in [0.15, 0.2) is 33.9 Å². The van der Waals surface area contributed by atoms with E-state index in [1.54, 1.807) is 11.6 Å². The van der Waals surface area contributed by atoms with E-state index < -0.39 is 17.4 Å². The number of imidazole rings is 1. The summed E-state index contributed by atoms with van der Waals surface area (Å²) in [4.78, 5) is 33.6. The molecule has 3 N–H and O–H groups in total. The minimum atomic E-state index is -0.873. The summed E-state index contributed by atoms with van der Waals surface area (Å²) in [6.07, 6.45) is -0.873. The number of aromatic amines is 1. The summed E-state index contributed by atoms with van der Waals surface area (Å²) in [5, 5.41) is 13.9. The minimum Gasteiger partial charge on any atom is -0.491 e. The number of hydrogen-bond donors (Lipinski definition) is 3. The summed E-state index contributed by atoms with van der Waals surface area (Å²) in [6, 6.07) is 7.57. The molecule has 30 heavy (non-hydrogen) atoms. The van der Waals surface area contributed by atoms with Gasteiger partial charge >= 0.3 is 5.69 Å². The highest BCUT2D eigenvalue weighted by atomic mass is 16.5. The predicted octanol–water partition coefficient (Wildman–Crippen LogP) is -0.419. The third kappa shape index (κ3) is 3.96. The number of nitrogens with zero attached hydrogens (tertiary/aromatic N) is 4. The van der Waals surface area contributed by atoms with Crippen molar-refractivity contribution in [2.75, 3.05) is 37.7 Å². The number of nitrogens with one attached hydrogen (secondary N) is 2. The van der Waals surface area contributed by atoms with Gasteiger partial charge in [0.1, 0.15) is 18.5 Å². The van der Waals surface area contributed by atoms with Crippen LogP contribution in [-0.2, 0) is 13.6 Å². The lowest BCUT2D eigenvalue weighted by molar-refractivity contribution is 0.0936. The van der Waals surface area contributed by atoms with E-state index >= 15 is 0 Å². The molecule has 3 heterocycles. The van der Waals surface area contributed by atoms with Gasteiger partial charge in [0.2, 0.25) is 5.95 Å². The van der Waals surface area contributed by atoms with Gasteiger partial charge in [0.05, 0.1) is 6.54 Å². The average Bonchev–Trinajstić information content (AvgIpc) is 3.12. The molecule has 3 aromatic rings. The standard InChI is InChI=1S/C20H26N6O4/c1-13-3-5-15(6-4-13)30-12-14(27)11-26-16-17(24(2)20(29)23-18(16)28)22-19(26)25-9-7-21-8-10-25/h3-6,14,21,27H,7-12H2,1-2H3,(H,23,28,29)/t14-/m1/s1. The maximum atomic E-state index is 12.6. The van der Waals surface area contributed by atoms with E-state index in [0.29, 0.717) is 30.4 Å². The van der Waals surface area contributed by atoms with Gasteiger partial charge in [0.25, 0.3) is 5.56 Å². The SMILES string of the molecule is Cc1ccc(OC[C@H](O)Cn2c(N3CCNCC3)nc3c2c(=O)[nH]c(=O)n3C)cc1. The highest BCUT2D eigenvalue weighted by Crippen LogP contribution is 2.21. The van der Waals surface area contributed by atoms with Gasteiger partial charge in [-0.3, -0.25) is 14.3 Å². The first-order valence-electron chi connectivity index (χ1n) is 9.97. The number of ether oxygens (including phenoxy) is 1. The first-order valence-corrected chi connectivity index (χ1v) is 9.97. The monoisotopic (exact) mass is 414 g/mol. The summed E-state index contributed by atoms with van der Waals surface area (Å²) in [5.41, 5.74) is 0.642. The lowest BCUT2D eigenvalue weighted by atomic mass is 10.2. The Morgan fingerprint density at radius 2 is 1.90 bits per heavy atom. The van der Waals surface area contributed by atoms with Crippen molar-refractivity contribution >= 4 is 17.1 Å². The molecule has 1 aliphatic rings. The van der Waals surface area contributed by atoms with Crippen LogP contribution < -0.4 is 26.2 Å². The summed E-state index contributed by atoms with van der Waals surface area (Å²) in [6.45, 7) is 5.17. The number of rotatable bonds is 6. The molecule has 2 aromatic heterocycles. The number of fused-ring (bicyclic) bond motifs is 1. The third-order valence-corrected chi connectivity index (χ3v) is 5.24. The molecule has 0 radical (unpaired) electrons. The molecule has 160 valence electrons. The van der Waals surface area contributed by atoms with Crippen LogP contribution in [0.4, 0.5) is 5.95 Å². The van der Waals surface area contributed by atoms with Crippen molar-refractivity contribution in [1.29, 1.82) is 0 Å². The molecular formula is C20H26N6O4. The Hall–Kier alpha value is -3.11. The van der Waals surface area contributed by atoms with Gasteiger partial charge in [-0.2, -0.15) is 4.98 Å². The number of anilines is 1. The van der Waals surface area contributed by atoms with Crippen molar-refractivity contribution in [2.45, 2.75) is 19.6 Å². The van der Waals surface area contributed by atoms with Crippen molar-refractivity contribution in [1.82, 2.24) is 24.4 Å². The van der Waals surface area contributed by atoms with E-state index in [-0.39, 0.29) is 18.7 Å². The number of benzene rings is 1. The van der Waals surface area contributed by atoms with Crippen LogP contribution in [-0.4, -0.2) is 63.1 Å². The van der Waals surface area contributed by atoms with Crippen LogP contribution in [0.25, 0.3) is 11.2 Å². The number of piperazine rings is 1. The molecule has 10 nitrogen and oxygen atoms in total. The molecular weight excluding hydrogens is 388 g/mol. The minimum absolute atomic E-state index is 0.0629. The van der Waals surface area contributed by atoms with Gasteiger partial charge in [-0.15, -0.1) is 0 Å². The Bertz CT molecular complexity index is 1140. The second-order valence-corrected chi connectivity index (χ2v) is 7.53. The zero-order valence-electron chi connectivity index (χ0n) is 17.1. The normalized spacial score (nSPS) is 15.5. The van der Waals surface area contributed by atoms with E-state index in [0.717, 1.165) is 18.7 Å². The van der Waals surface area contributed by atoms with Crippen molar-refractivity contribution in [3.8, 4) is 5.75 Å². The fourth-order valence-electron chi connectivity index (χ4n) is 3.59. The molecule has 1 atom stereocenters. The second kappa shape index (κ2) is 8.33. The first kappa shape index (κ1) is 20.2. The second-order valence-electron chi connectivity index (χ2n) is 7.53. The molecule has 0 aliphatic carbocycles. The summed E-state index contributed by atoms with van der Waals surface area (Å²) < 4.78 is 8.69. The zero-order valence-corrected chi connectivity index (χ0v) is 17.1. The van der Waals surface area contributed by atoms with Gasteiger partial charge in [-0.1, -0.05) is 17.7 Å². The maximum absolute atomic E-state index is 12.6. The van der Waals surface area contributed by atoms with E-state index in [2.05, 4.69) is 15.3 Å². The molecule has 0 bridgehead atoms. The third-order valence-electron chi connectivity index (χ3n) is 5.24. The van der Waals surface area contributed by atoms with E-state index in [9.17, 15) is 14.7 Å². The van der Waals surface area contributed by atoms with Crippen LogP contribution in [0, 0.1) is 6.92 Å². The number of H-pyrrole nitrogens is 1. The zero-order chi connectivity index (χ0) is 21.3. The topological polar surface area (TPSA) is 117 Å². The first-order chi connectivity index (χ1) is 14.4. The van der Waals surface area contributed by atoms with Crippen molar-refractivity contribution in [3.05, 3.63) is 50.7 Å². The highest BCUT2D eigenvalue weighted by Gasteiger charge is 2.24. The van der Waals surface area contributed by atoms with Gasteiger partial charge in [-0.05, 0) is 19.1 Å². The number of hydrogen-bond acceptors (Lipinski definition) is 7. The van der Waals surface area contributed by atoms with Crippen molar-refractivity contribution in [2.24, 2.45) is 7.05 Å². The molecule has 10 heteroatoms. The van der Waals surface area contributed by atoms with Crippen LogP contribution in [0.1, 0.15) is 5.56 Å². The van der Waals surface area contributed by atoms with E-state index in [1.807, 2.05) is 36.1 Å². The smallest absolute Gasteiger partial charge is 0.329 e. The highest BCUT2D eigenvalue weighted by molar-refractivity contribution is 5.74. The Morgan fingerprint density at radius 3 is 2.60 bits per heavy atom. The molecule has 0 amide bonds. The number of aromatic nitrogens is 4. The van der Waals surface area contributed by atoms with E-state index in [1.165, 1.54) is 4.57 Å². The molecule has 1 saturated heterocycles. The van der Waals surface area contributed by atoms with Crippen LogP contribution in [0.3, 0.4) is 0 Å². The summed E-state index contributed by atoms with van der Waals surface area (Å²) >= 11 is 0. The summed E-state index contributed by atoms with van der Waals surface area (Å²) in [5.74, 6) is 1.23. The van der Waals surface area contributed by atoms with Gasteiger partial charge < -0.3 is 24.6 Å². The Labute approximate surface area is 172 Å². The van der Waals surface area contributed by atoms with Gasteiger partial charge in [-0.25, -0.2) is 4.79 Å². The van der Waals surface area contributed by atoms with E-state index in [4.69, 9.17) is 4.74 Å². The average molecular weight is 414 g/mol. The molecule has 4 rings (SSSR count). The van der Waals surface area contributed by atoms with Crippen molar-refractivity contribution < 1.29 is 9.84 Å². The Balaban J connectivity index is 1.65. The fraction of sp³-hybridized carbons (Fsp3) is 0.450. The molecule has 1 aromatic carbocycles. The number of aliphatic hydroxyl groups excluding tert-OH is 1. The number of aliphatic hydroxyl groups is 1. The van der Waals surface area contributed by atoms with Crippen LogP contribution >= 0.6 is 0 Å². The Morgan fingerprint density at radius 1 is 1.20 bits per heavy atom. The van der Waals surface area contributed by atoms with Crippen LogP contribution in [0.5, 0.6) is 5.75 Å². The Kier molecular flexibility index (Phi) is 5.60. The lowest BCUT2D eigenvalue weighted by Crippen LogP contribution is -2.45. The molecule has 0 saturated carbocycles. The van der Waals surface area contributed by atoms with Crippen LogP contribution in [0.2, 0.25) is 0 Å². The van der Waals surface area contributed by atoms with Crippen molar-refractivity contribution in [3.63, 3.8) is 0 Å². The van der Waals surface area contributed by atoms with Gasteiger partial charge in [0, 0.05) is 33.2 Å².